The molecule has 5 rings (SSSR count). The van der Waals surface area contributed by atoms with E-state index < -0.39 is 11.2 Å². The van der Waals surface area contributed by atoms with E-state index in [0.717, 1.165) is 70.4 Å². The quantitative estimate of drug-likeness (QED) is 0.497. The fraction of sp³-hybridized carbons (Fsp3) is 0.500. The number of aryl methyl sites for hydroxylation is 1. The Morgan fingerprint density at radius 1 is 1.24 bits per heavy atom. The number of carboxylic acids is 1. The van der Waals surface area contributed by atoms with Crippen LogP contribution in [0.2, 0.25) is 0 Å². The second-order valence-corrected chi connectivity index (χ2v) is 9.76. The highest BCUT2D eigenvalue weighted by Crippen LogP contribution is 2.43. The predicted octanol–water partition coefficient (Wildman–Crippen LogP) is 3.52. The van der Waals surface area contributed by atoms with Gasteiger partial charge in [0.05, 0.1) is 23.4 Å². The third-order valence-electron chi connectivity index (χ3n) is 5.61. The van der Waals surface area contributed by atoms with Crippen LogP contribution in [-0.4, -0.2) is 57.6 Å². The fourth-order valence-electron chi connectivity index (χ4n) is 4.16. The van der Waals surface area contributed by atoms with Crippen molar-refractivity contribution in [3.8, 4) is 0 Å². The van der Waals surface area contributed by atoms with Gasteiger partial charge in [0.15, 0.2) is 0 Å². The van der Waals surface area contributed by atoms with Gasteiger partial charge in [-0.3, -0.25) is 4.79 Å². The van der Waals surface area contributed by atoms with Crippen LogP contribution in [-0.2, 0) is 22.4 Å². The zero-order chi connectivity index (χ0) is 20.0. The van der Waals surface area contributed by atoms with Crippen molar-refractivity contribution in [3.05, 3.63) is 17.5 Å². The van der Waals surface area contributed by atoms with Gasteiger partial charge in [0.25, 0.3) is 0 Å². The summed E-state index contributed by atoms with van der Waals surface area (Å²) in [7, 11) is 0. The molecular weight excluding hydrogens is 408 g/mol. The minimum atomic E-state index is -0.840. The molecule has 1 aliphatic carbocycles. The van der Waals surface area contributed by atoms with Crippen molar-refractivity contribution in [2.75, 3.05) is 31.2 Å². The maximum atomic E-state index is 11.3. The molecule has 3 aromatic heterocycles. The van der Waals surface area contributed by atoms with Crippen LogP contribution in [0.5, 0.6) is 0 Å². The molecule has 29 heavy (non-hydrogen) atoms. The number of carboxylic acid groups (broad SMARTS) is 1. The molecule has 1 saturated heterocycles. The summed E-state index contributed by atoms with van der Waals surface area (Å²) in [4.78, 5) is 28.8. The number of ether oxygens (including phenoxy) is 1. The summed E-state index contributed by atoms with van der Waals surface area (Å²) in [6.45, 7) is 4.89. The summed E-state index contributed by atoms with van der Waals surface area (Å²) in [5.41, 5.74) is 3.64. The summed E-state index contributed by atoms with van der Waals surface area (Å²) in [5.74, 6) is 0.260. The number of thiophene rings is 1. The number of thioether (sulfide) groups is 1. The maximum Gasteiger partial charge on any atom is 0.316 e. The molecule has 1 atom stereocenters. The Kier molecular flexibility index (Phi) is 5.05. The molecule has 152 valence electrons. The molecule has 0 bridgehead atoms. The van der Waals surface area contributed by atoms with Gasteiger partial charge in [0.1, 0.15) is 27.3 Å². The van der Waals surface area contributed by atoms with Crippen LogP contribution in [0.1, 0.15) is 30.9 Å². The van der Waals surface area contributed by atoms with Gasteiger partial charge in [0, 0.05) is 18.5 Å². The van der Waals surface area contributed by atoms with Gasteiger partial charge >= 0.3 is 5.97 Å². The fourth-order valence-corrected chi connectivity index (χ4v) is 6.21. The first-order valence-electron chi connectivity index (χ1n) is 9.94. The lowest BCUT2D eigenvalue weighted by atomic mass is 9.90. The highest BCUT2D eigenvalue weighted by Gasteiger charge is 2.27. The van der Waals surface area contributed by atoms with E-state index in [1.807, 2.05) is 0 Å². The average Bonchev–Trinajstić information content (AvgIpc) is 3.13. The van der Waals surface area contributed by atoms with Gasteiger partial charge in [-0.2, -0.15) is 0 Å². The number of pyridine rings is 1. The number of hydrogen-bond donors (Lipinski definition) is 1. The topological polar surface area (TPSA) is 88.4 Å². The van der Waals surface area contributed by atoms with Gasteiger partial charge < -0.3 is 14.7 Å². The molecule has 9 heteroatoms. The molecule has 1 fully saturated rings. The molecule has 4 heterocycles. The molecule has 0 spiro atoms. The van der Waals surface area contributed by atoms with E-state index in [0.29, 0.717) is 0 Å². The zero-order valence-electron chi connectivity index (χ0n) is 16.2. The van der Waals surface area contributed by atoms with Gasteiger partial charge in [-0.05, 0) is 43.7 Å². The maximum absolute atomic E-state index is 11.3. The molecule has 0 unspecified atom stereocenters. The van der Waals surface area contributed by atoms with Crippen molar-refractivity contribution in [1.82, 2.24) is 15.0 Å². The Labute approximate surface area is 176 Å². The second-order valence-electron chi connectivity index (χ2n) is 7.44. The van der Waals surface area contributed by atoms with Gasteiger partial charge in [-0.15, -0.1) is 11.3 Å². The van der Waals surface area contributed by atoms with Crippen molar-refractivity contribution in [3.63, 3.8) is 0 Å². The molecule has 7 nitrogen and oxygen atoms in total. The van der Waals surface area contributed by atoms with E-state index in [2.05, 4.69) is 14.9 Å². The first kappa shape index (κ1) is 19.0. The summed E-state index contributed by atoms with van der Waals surface area (Å²) in [6, 6.07) is 0. The number of hydrogen-bond acceptors (Lipinski definition) is 8. The van der Waals surface area contributed by atoms with Crippen LogP contribution >= 0.6 is 23.1 Å². The van der Waals surface area contributed by atoms with Crippen molar-refractivity contribution in [2.24, 2.45) is 0 Å². The molecule has 2 aliphatic rings. The summed E-state index contributed by atoms with van der Waals surface area (Å²) < 4.78 is 6.48. The van der Waals surface area contributed by atoms with Crippen LogP contribution in [0.3, 0.4) is 0 Å². The lowest BCUT2D eigenvalue weighted by Crippen LogP contribution is -2.37. The van der Waals surface area contributed by atoms with Crippen LogP contribution in [0.15, 0.2) is 11.4 Å². The molecule has 0 radical (unpaired) electrons. The average molecular weight is 431 g/mol. The van der Waals surface area contributed by atoms with Crippen molar-refractivity contribution >= 4 is 55.3 Å². The lowest BCUT2D eigenvalue weighted by Gasteiger charge is -2.31. The second kappa shape index (κ2) is 7.70. The monoisotopic (exact) mass is 430 g/mol. The first-order chi connectivity index (χ1) is 14.1. The molecule has 0 amide bonds. The number of morpholine rings is 1. The van der Waals surface area contributed by atoms with E-state index in [9.17, 15) is 9.90 Å². The van der Waals surface area contributed by atoms with E-state index in [-0.39, 0.29) is 0 Å². The van der Waals surface area contributed by atoms with Crippen LogP contribution in [0, 0.1) is 0 Å². The van der Waals surface area contributed by atoms with E-state index in [1.165, 1.54) is 35.7 Å². The van der Waals surface area contributed by atoms with Crippen LogP contribution in [0.25, 0.3) is 20.4 Å². The molecule has 0 saturated carbocycles. The molecule has 0 aromatic carbocycles. The Bertz CT molecular complexity index is 1090. The van der Waals surface area contributed by atoms with Crippen LogP contribution < -0.4 is 4.90 Å². The Morgan fingerprint density at radius 3 is 2.76 bits per heavy atom. The third kappa shape index (κ3) is 3.35. The molecule has 1 N–H and O–H groups in total. The molecule has 3 aromatic rings. The van der Waals surface area contributed by atoms with Crippen LogP contribution in [0.4, 0.5) is 5.82 Å². The van der Waals surface area contributed by atoms with Gasteiger partial charge in [0.2, 0.25) is 0 Å². The third-order valence-corrected chi connectivity index (χ3v) is 7.91. The Hall–Kier alpha value is -1.97. The van der Waals surface area contributed by atoms with Crippen molar-refractivity contribution in [2.45, 2.75) is 42.9 Å². The van der Waals surface area contributed by atoms with Crippen molar-refractivity contribution in [1.29, 1.82) is 0 Å². The standard InChI is InChI=1S/C20H22N4O3S2/c1-11(20(25)26)28-19-16-15(21-10-22-19)14-12-4-2-3-5-13(12)17(23-18(14)29-16)24-6-8-27-9-7-24/h10-11H,2-9H2,1H3,(H,25,26)/t11-/m1/s1. The number of fused-ring (bicyclic) bond motifs is 5. The number of aliphatic carboxylic acids is 1. The number of aromatic nitrogens is 3. The van der Waals surface area contributed by atoms with Gasteiger partial charge in [-0.1, -0.05) is 11.8 Å². The molecule has 1 aliphatic heterocycles. The van der Waals surface area contributed by atoms with Crippen molar-refractivity contribution < 1.29 is 14.6 Å². The van der Waals surface area contributed by atoms with E-state index in [1.54, 1.807) is 24.6 Å². The van der Waals surface area contributed by atoms with Gasteiger partial charge in [-0.25, -0.2) is 15.0 Å². The molecular formula is C20H22N4O3S2. The Balaban J connectivity index is 1.71. The zero-order valence-corrected chi connectivity index (χ0v) is 17.8. The largest absolute Gasteiger partial charge is 0.480 e. The smallest absolute Gasteiger partial charge is 0.316 e. The van der Waals surface area contributed by atoms with E-state index in [4.69, 9.17) is 9.72 Å². The highest BCUT2D eigenvalue weighted by atomic mass is 32.2. The number of anilines is 1. The normalized spacial score (nSPS) is 18.2. The minimum Gasteiger partial charge on any atom is -0.480 e. The highest BCUT2D eigenvalue weighted by molar-refractivity contribution is 8.00. The number of carbonyl (C=O) groups is 1. The predicted molar refractivity (Wildman–Crippen MR) is 115 cm³/mol. The first-order valence-corrected chi connectivity index (χ1v) is 11.6. The summed E-state index contributed by atoms with van der Waals surface area (Å²) >= 11 is 2.86. The SMILES string of the molecule is C[C@@H](Sc1ncnc2c1sc1nc(N3CCOCC3)c3c(c12)CCCC3)C(=O)O. The number of nitrogens with zero attached hydrogens (tertiary/aromatic N) is 4. The minimum absolute atomic E-state index is 0.566. The summed E-state index contributed by atoms with van der Waals surface area (Å²) in [5, 5.41) is 10.6. The number of rotatable bonds is 4. The Morgan fingerprint density at radius 2 is 2.00 bits per heavy atom. The summed E-state index contributed by atoms with van der Waals surface area (Å²) in [6.07, 6.45) is 6.00. The lowest BCUT2D eigenvalue weighted by molar-refractivity contribution is -0.136. The van der Waals surface area contributed by atoms with E-state index >= 15 is 0 Å².